The largest absolute Gasteiger partial charge is 0.234 e. The molecular weight excluding hydrogens is 282 g/mol. The average Bonchev–Trinajstić information content (AvgIpc) is 2.22. The van der Waals surface area contributed by atoms with Gasteiger partial charge in [0.05, 0.1) is 4.91 Å². The van der Waals surface area contributed by atoms with Crippen molar-refractivity contribution >= 4 is 21.6 Å². The van der Waals surface area contributed by atoms with E-state index in [1.807, 2.05) is 27.7 Å². The van der Waals surface area contributed by atoms with E-state index in [-0.39, 0.29) is 17.3 Å². The Bertz CT molecular complexity index is 454. The van der Waals surface area contributed by atoms with Gasteiger partial charge in [-0.05, 0) is 30.1 Å². The number of halogens is 1. The van der Waals surface area contributed by atoms with Crippen molar-refractivity contribution < 1.29 is 8.42 Å². The quantitative estimate of drug-likeness (QED) is 0.772. The molecule has 112 valence electrons. The van der Waals surface area contributed by atoms with E-state index in [9.17, 15) is 8.42 Å². The summed E-state index contributed by atoms with van der Waals surface area (Å²) < 4.78 is 23.4. The van der Waals surface area contributed by atoms with Gasteiger partial charge in [0.1, 0.15) is 0 Å². The van der Waals surface area contributed by atoms with E-state index in [1.54, 1.807) is 6.08 Å². The van der Waals surface area contributed by atoms with Crippen LogP contribution < -0.4 is 5.14 Å². The van der Waals surface area contributed by atoms with E-state index < -0.39 is 10.0 Å². The maximum absolute atomic E-state index is 11.7. The zero-order chi connectivity index (χ0) is 15.4. The Morgan fingerprint density at radius 1 is 1.42 bits per heavy atom. The highest BCUT2D eigenvalue weighted by Gasteiger charge is 2.30. The number of nitrogens with two attached hydrogens (primary N) is 1. The van der Waals surface area contributed by atoms with E-state index in [4.69, 9.17) is 16.7 Å². The molecule has 0 fully saturated rings. The third kappa shape index (κ3) is 5.67. The zero-order valence-electron chi connectivity index (χ0n) is 12.5. The molecule has 0 aromatic carbocycles. The van der Waals surface area contributed by atoms with Gasteiger partial charge in [-0.1, -0.05) is 58.9 Å². The molecule has 0 saturated heterocycles. The smallest absolute Gasteiger partial charge is 0.225 e. The van der Waals surface area contributed by atoms with Gasteiger partial charge in [0, 0.05) is 5.03 Å². The number of primary sulfonamides is 1. The summed E-state index contributed by atoms with van der Waals surface area (Å²) in [6.45, 7) is 13.5. The molecule has 0 aliphatic carbocycles. The lowest BCUT2D eigenvalue weighted by molar-refractivity contribution is 0.264. The Kier molecular flexibility index (Phi) is 6.79. The third-order valence-electron chi connectivity index (χ3n) is 3.78. The first-order valence-electron chi connectivity index (χ1n) is 6.52. The molecule has 0 heterocycles. The highest BCUT2D eigenvalue weighted by Crippen LogP contribution is 2.39. The molecule has 0 spiro atoms. The molecule has 0 bridgehead atoms. The minimum absolute atomic E-state index is 0.132. The monoisotopic (exact) mass is 307 g/mol. The summed E-state index contributed by atoms with van der Waals surface area (Å²) in [6.07, 6.45) is 3.26. The Balaban J connectivity index is 5.61. The van der Waals surface area contributed by atoms with E-state index in [2.05, 4.69) is 13.5 Å². The highest BCUT2D eigenvalue weighted by molar-refractivity contribution is 7.93. The minimum Gasteiger partial charge on any atom is -0.225 e. The molecule has 0 aliphatic heterocycles. The van der Waals surface area contributed by atoms with Crippen LogP contribution in [0.25, 0.3) is 0 Å². The van der Waals surface area contributed by atoms with Crippen molar-refractivity contribution in [2.75, 3.05) is 0 Å². The van der Waals surface area contributed by atoms with E-state index in [0.29, 0.717) is 16.4 Å². The van der Waals surface area contributed by atoms with Crippen molar-refractivity contribution in [2.24, 2.45) is 22.4 Å². The average molecular weight is 308 g/mol. The molecule has 5 heteroatoms. The summed E-state index contributed by atoms with van der Waals surface area (Å²) in [5.74, 6) is 0.0604. The van der Waals surface area contributed by atoms with Crippen LogP contribution in [0.5, 0.6) is 0 Å². The molecule has 0 aromatic rings. The van der Waals surface area contributed by atoms with Gasteiger partial charge in [0.15, 0.2) is 0 Å². The Labute approximate surface area is 123 Å². The highest BCUT2D eigenvalue weighted by atomic mass is 35.5. The van der Waals surface area contributed by atoms with Crippen LogP contribution in [0.15, 0.2) is 22.6 Å². The number of sulfonamides is 1. The van der Waals surface area contributed by atoms with Gasteiger partial charge in [0.2, 0.25) is 10.0 Å². The fourth-order valence-electron chi connectivity index (χ4n) is 2.06. The van der Waals surface area contributed by atoms with Crippen molar-refractivity contribution in [3.05, 3.63) is 22.6 Å². The lowest BCUT2D eigenvalue weighted by Crippen LogP contribution is -2.27. The van der Waals surface area contributed by atoms with Crippen LogP contribution in [0, 0.1) is 17.3 Å². The lowest BCUT2D eigenvalue weighted by Gasteiger charge is -2.33. The van der Waals surface area contributed by atoms with Crippen LogP contribution in [0.3, 0.4) is 0 Å². The van der Waals surface area contributed by atoms with E-state index >= 15 is 0 Å². The first-order chi connectivity index (χ1) is 8.44. The van der Waals surface area contributed by atoms with Gasteiger partial charge in [-0.25, -0.2) is 13.6 Å². The van der Waals surface area contributed by atoms with Crippen molar-refractivity contribution in [2.45, 2.75) is 47.5 Å². The first kappa shape index (κ1) is 18.7. The summed E-state index contributed by atoms with van der Waals surface area (Å²) >= 11 is 5.87. The number of rotatable bonds is 7. The molecule has 0 radical (unpaired) electrons. The molecule has 2 N–H and O–H groups in total. The van der Waals surface area contributed by atoms with Gasteiger partial charge < -0.3 is 0 Å². The van der Waals surface area contributed by atoms with Gasteiger partial charge in [-0.2, -0.15) is 0 Å². The fourth-order valence-corrected chi connectivity index (χ4v) is 3.38. The summed E-state index contributed by atoms with van der Waals surface area (Å²) in [7, 11) is -3.66. The molecule has 0 saturated carbocycles. The Hall–Kier alpha value is -0.320. The van der Waals surface area contributed by atoms with Crippen LogP contribution in [-0.4, -0.2) is 8.42 Å². The van der Waals surface area contributed by atoms with Crippen molar-refractivity contribution in [1.82, 2.24) is 0 Å². The first-order valence-corrected chi connectivity index (χ1v) is 8.45. The molecule has 0 amide bonds. The summed E-state index contributed by atoms with van der Waals surface area (Å²) in [5, 5.41) is 5.89. The normalized spacial score (nSPS) is 18.2. The maximum Gasteiger partial charge on any atom is 0.234 e. The van der Waals surface area contributed by atoms with Crippen molar-refractivity contribution in [3.63, 3.8) is 0 Å². The number of hydrogen-bond donors (Lipinski definition) is 1. The maximum atomic E-state index is 11.7. The summed E-state index contributed by atoms with van der Waals surface area (Å²) in [5.41, 5.74) is -0.274. The zero-order valence-corrected chi connectivity index (χ0v) is 14.1. The predicted octanol–water partition coefficient (Wildman–Crippen LogP) is 4.01. The lowest BCUT2D eigenvalue weighted by atomic mass is 9.73. The number of allylic oxidation sites excluding steroid dienone is 3. The standard InChI is InChI=1S/C14H26ClNO2S/c1-7-14(6,11(4)8-12(5)15)9-13(10(2)3)19(16,17)18/h9-11H,5,7-8H2,1-4,6H3,(H2,16,17,18)/b13-9+/t11-,14+/m1/s1. The fraction of sp³-hybridized carbons (Fsp3) is 0.714. The predicted molar refractivity (Wildman–Crippen MR) is 83.2 cm³/mol. The second-order valence-electron chi connectivity index (χ2n) is 5.73. The van der Waals surface area contributed by atoms with Crippen LogP contribution in [0.4, 0.5) is 0 Å². The van der Waals surface area contributed by atoms with Crippen molar-refractivity contribution in [1.29, 1.82) is 0 Å². The van der Waals surface area contributed by atoms with Crippen LogP contribution >= 0.6 is 11.6 Å². The molecule has 19 heavy (non-hydrogen) atoms. The van der Waals surface area contributed by atoms with E-state index in [0.717, 1.165) is 6.42 Å². The molecule has 3 nitrogen and oxygen atoms in total. The summed E-state index contributed by atoms with van der Waals surface area (Å²) in [6, 6.07) is 0. The molecule has 0 aromatic heterocycles. The van der Waals surface area contributed by atoms with Crippen LogP contribution in [0.1, 0.15) is 47.5 Å². The molecule has 0 unspecified atom stereocenters. The summed E-state index contributed by atoms with van der Waals surface area (Å²) in [4.78, 5) is 0.295. The molecule has 2 atom stereocenters. The Morgan fingerprint density at radius 3 is 2.16 bits per heavy atom. The van der Waals surface area contributed by atoms with Crippen molar-refractivity contribution in [3.8, 4) is 0 Å². The van der Waals surface area contributed by atoms with Gasteiger partial charge in [-0.3, -0.25) is 0 Å². The van der Waals surface area contributed by atoms with Crippen LogP contribution in [0.2, 0.25) is 0 Å². The molecular formula is C14H26ClNO2S. The third-order valence-corrected chi connectivity index (χ3v) is 5.19. The second kappa shape index (κ2) is 6.91. The second-order valence-corrected chi connectivity index (χ2v) is 7.82. The van der Waals surface area contributed by atoms with Gasteiger partial charge in [0.25, 0.3) is 0 Å². The SMILES string of the molecule is C=C(Cl)C[C@@H](C)[C@](C)(/C=C(\C(C)C)S(N)(=O)=O)CC. The Morgan fingerprint density at radius 2 is 1.89 bits per heavy atom. The van der Waals surface area contributed by atoms with Gasteiger partial charge >= 0.3 is 0 Å². The van der Waals surface area contributed by atoms with E-state index in [1.165, 1.54) is 0 Å². The minimum atomic E-state index is -3.66. The molecule has 0 rings (SSSR count). The number of hydrogen-bond acceptors (Lipinski definition) is 2. The van der Waals surface area contributed by atoms with Gasteiger partial charge in [-0.15, -0.1) is 0 Å². The molecule has 0 aliphatic rings. The van der Waals surface area contributed by atoms with Crippen LogP contribution in [-0.2, 0) is 10.0 Å². The topological polar surface area (TPSA) is 60.2 Å².